The molecule has 0 aliphatic carbocycles. The van der Waals surface area contributed by atoms with Gasteiger partial charge in [-0.1, -0.05) is 30.3 Å². The molecule has 0 aliphatic rings. The van der Waals surface area contributed by atoms with Crippen LogP contribution in [-0.2, 0) is 12.7 Å². The third-order valence-corrected chi connectivity index (χ3v) is 5.26. The number of aromatic carboxylic acids is 1. The first-order chi connectivity index (χ1) is 13.3. The lowest BCUT2D eigenvalue weighted by Crippen LogP contribution is -2.10. The molecule has 8 heteroatoms. The van der Waals surface area contributed by atoms with Crippen LogP contribution in [-0.4, -0.2) is 20.6 Å². The van der Waals surface area contributed by atoms with E-state index in [4.69, 9.17) is 0 Å². The molecule has 0 amide bonds. The minimum absolute atomic E-state index is 0.228. The first-order valence-electron chi connectivity index (χ1n) is 8.26. The number of benzene rings is 2. The van der Waals surface area contributed by atoms with Gasteiger partial charge in [0.05, 0.1) is 28.9 Å². The monoisotopic (exact) mass is 402 g/mol. The third-order valence-electron chi connectivity index (χ3n) is 4.32. The fourth-order valence-electron chi connectivity index (χ4n) is 3.08. The van der Waals surface area contributed by atoms with E-state index in [-0.39, 0.29) is 23.0 Å². The summed E-state index contributed by atoms with van der Waals surface area (Å²) in [5.74, 6) is -1.40. The number of carboxylic acids is 1. The van der Waals surface area contributed by atoms with Crippen LogP contribution in [0, 0.1) is 0 Å². The predicted molar refractivity (Wildman–Crippen MR) is 101 cm³/mol. The van der Waals surface area contributed by atoms with Crippen molar-refractivity contribution in [3.05, 3.63) is 76.9 Å². The molecule has 0 spiro atoms. The Hall–Kier alpha value is -3.13. The molecule has 142 valence electrons. The molecule has 2 aromatic carbocycles. The number of halogens is 3. The molecule has 0 radical (unpaired) electrons. The van der Waals surface area contributed by atoms with Crippen LogP contribution < -0.4 is 0 Å². The van der Waals surface area contributed by atoms with Gasteiger partial charge in [0.1, 0.15) is 5.01 Å². The summed E-state index contributed by atoms with van der Waals surface area (Å²) in [4.78, 5) is 16.2. The second-order valence-electron chi connectivity index (χ2n) is 6.22. The van der Waals surface area contributed by atoms with Crippen molar-refractivity contribution in [3.63, 3.8) is 0 Å². The normalized spacial score (nSPS) is 11.8. The summed E-state index contributed by atoms with van der Waals surface area (Å²) in [7, 11) is 0. The van der Waals surface area contributed by atoms with Crippen molar-refractivity contribution in [3.8, 4) is 10.6 Å². The van der Waals surface area contributed by atoms with E-state index < -0.39 is 17.7 Å². The van der Waals surface area contributed by atoms with Gasteiger partial charge >= 0.3 is 12.1 Å². The number of carboxylic acid groups (broad SMARTS) is 1. The van der Waals surface area contributed by atoms with E-state index in [2.05, 4.69) is 4.98 Å². The zero-order valence-corrected chi connectivity index (χ0v) is 15.1. The Morgan fingerprint density at radius 3 is 2.57 bits per heavy atom. The van der Waals surface area contributed by atoms with Crippen LogP contribution in [0.1, 0.15) is 21.6 Å². The Labute approximate surface area is 161 Å². The molecule has 0 atom stereocenters. The van der Waals surface area contributed by atoms with Crippen LogP contribution in [0.4, 0.5) is 13.2 Å². The zero-order chi connectivity index (χ0) is 19.9. The molecule has 0 fully saturated rings. The highest BCUT2D eigenvalue weighted by atomic mass is 32.1. The van der Waals surface area contributed by atoms with Gasteiger partial charge < -0.3 is 9.67 Å². The van der Waals surface area contributed by atoms with Gasteiger partial charge in [0, 0.05) is 22.5 Å². The molecular weight excluding hydrogens is 389 g/mol. The Balaban J connectivity index is 1.74. The molecule has 4 nitrogen and oxygen atoms in total. The first-order valence-corrected chi connectivity index (χ1v) is 9.14. The van der Waals surface area contributed by atoms with Gasteiger partial charge in [-0.05, 0) is 18.2 Å². The summed E-state index contributed by atoms with van der Waals surface area (Å²) >= 11 is 1.46. The lowest BCUT2D eigenvalue weighted by molar-refractivity contribution is -0.137. The van der Waals surface area contributed by atoms with Crippen LogP contribution >= 0.6 is 11.3 Å². The highest BCUT2D eigenvalue weighted by Gasteiger charge is 2.32. The standard InChI is InChI=1S/C20H13F3N2O2S/c21-20(22,23)14-8-13-6-7-25(17(13)16(9-14)19(26)27)10-15-11-28-18(24-15)12-4-2-1-3-5-12/h1-9,11H,10H2,(H,26,27). The quantitative estimate of drug-likeness (QED) is 0.488. The number of carbonyl (C=O) groups is 1. The summed E-state index contributed by atoms with van der Waals surface area (Å²) in [6.45, 7) is 0.262. The van der Waals surface area contributed by atoms with Crippen molar-refractivity contribution >= 4 is 28.2 Å². The van der Waals surface area contributed by atoms with Gasteiger partial charge in [-0.2, -0.15) is 13.2 Å². The zero-order valence-electron chi connectivity index (χ0n) is 14.3. The first kappa shape index (κ1) is 18.2. The van der Waals surface area contributed by atoms with E-state index in [9.17, 15) is 23.1 Å². The fourth-order valence-corrected chi connectivity index (χ4v) is 3.89. The lowest BCUT2D eigenvalue weighted by atomic mass is 10.1. The van der Waals surface area contributed by atoms with Crippen LogP contribution in [0.15, 0.2) is 60.1 Å². The molecule has 2 aromatic heterocycles. The number of rotatable bonds is 4. The SMILES string of the molecule is O=C(O)c1cc(C(F)(F)F)cc2ccn(Cc3csc(-c4ccccc4)n3)c12. The van der Waals surface area contributed by atoms with Crippen LogP contribution in [0.2, 0.25) is 0 Å². The summed E-state index contributed by atoms with van der Waals surface area (Å²) in [5.41, 5.74) is 0.563. The van der Waals surface area contributed by atoms with Crippen LogP contribution in [0.3, 0.4) is 0 Å². The van der Waals surface area contributed by atoms with Crippen molar-refractivity contribution in [2.24, 2.45) is 0 Å². The smallest absolute Gasteiger partial charge is 0.416 e. The number of alkyl halides is 3. The predicted octanol–water partition coefficient (Wildman–Crippen LogP) is 5.53. The van der Waals surface area contributed by atoms with Gasteiger partial charge in [-0.3, -0.25) is 0 Å². The van der Waals surface area contributed by atoms with E-state index >= 15 is 0 Å². The van der Waals surface area contributed by atoms with Crippen molar-refractivity contribution in [2.75, 3.05) is 0 Å². The summed E-state index contributed by atoms with van der Waals surface area (Å²) < 4.78 is 40.8. The van der Waals surface area contributed by atoms with Crippen molar-refractivity contribution in [1.29, 1.82) is 0 Å². The van der Waals surface area contributed by atoms with Gasteiger partial charge in [-0.15, -0.1) is 11.3 Å². The van der Waals surface area contributed by atoms with E-state index in [0.717, 1.165) is 16.6 Å². The van der Waals surface area contributed by atoms with Crippen LogP contribution in [0.25, 0.3) is 21.5 Å². The molecule has 4 rings (SSSR count). The highest BCUT2D eigenvalue weighted by Crippen LogP contribution is 2.34. The molecule has 4 aromatic rings. The van der Waals surface area contributed by atoms with Gasteiger partial charge in [0.2, 0.25) is 0 Å². The van der Waals surface area contributed by atoms with Crippen molar-refractivity contribution in [2.45, 2.75) is 12.7 Å². The number of nitrogens with zero attached hydrogens (tertiary/aromatic N) is 2. The fraction of sp³-hybridized carbons (Fsp3) is 0.100. The van der Waals surface area contributed by atoms with Gasteiger partial charge in [0.25, 0.3) is 0 Å². The van der Waals surface area contributed by atoms with Crippen LogP contribution in [0.5, 0.6) is 0 Å². The second-order valence-corrected chi connectivity index (χ2v) is 7.08. The highest BCUT2D eigenvalue weighted by molar-refractivity contribution is 7.13. The molecule has 0 aliphatic heterocycles. The number of aromatic nitrogens is 2. The maximum Gasteiger partial charge on any atom is 0.416 e. The van der Waals surface area contributed by atoms with Gasteiger partial charge in [-0.25, -0.2) is 9.78 Å². The van der Waals surface area contributed by atoms with E-state index in [0.29, 0.717) is 11.8 Å². The van der Waals surface area contributed by atoms with E-state index in [1.807, 2.05) is 35.7 Å². The van der Waals surface area contributed by atoms with E-state index in [1.165, 1.54) is 17.4 Å². The third kappa shape index (κ3) is 3.38. The Kier molecular flexibility index (Phi) is 4.43. The lowest BCUT2D eigenvalue weighted by Gasteiger charge is -2.11. The molecule has 0 unspecified atom stereocenters. The Morgan fingerprint density at radius 2 is 1.89 bits per heavy atom. The van der Waals surface area contributed by atoms with E-state index in [1.54, 1.807) is 10.8 Å². The number of thiazole rings is 1. The molecule has 1 N–H and O–H groups in total. The Morgan fingerprint density at radius 1 is 1.14 bits per heavy atom. The number of fused-ring (bicyclic) bond motifs is 1. The number of hydrogen-bond acceptors (Lipinski definition) is 3. The second kappa shape index (κ2) is 6.79. The average molecular weight is 402 g/mol. The number of hydrogen-bond donors (Lipinski definition) is 1. The molecule has 0 saturated carbocycles. The van der Waals surface area contributed by atoms with Gasteiger partial charge in [0.15, 0.2) is 0 Å². The minimum Gasteiger partial charge on any atom is -0.478 e. The molecular formula is C20H13F3N2O2S. The Bertz CT molecular complexity index is 1160. The molecule has 0 bridgehead atoms. The summed E-state index contributed by atoms with van der Waals surface area (Å²) in [6, 6.07) is 12.7. The molecule has 2 heterocycles. The maximum absolute atomic E-state index is 13.1. The average Bonchev–Trinajstić information content (AvgIpc) is 3.29. The maximum atomic E-state index is 13.1. The van der Waals surface area contributed by atoms with Crippen molar-refractivity contribution in [1.82, 2.24) is 9.55 Å². The minimum atomic E-state index is -4.61. The summed E-state index contributed by atoms with van der Waals surface area (Å²) in [5, 5.41) is 12.4. The molecule has 28 heavy (non-hydrogen) atoms. The topological polar surface area (TPSA) is 55.1 Å². The summed E-state index contributed by atoms with van der Waals surface area (Å²) in [6.07, 6.45) is -3.03. The van der Waals surface area contributed by atoms with Crippen molar-refractivity contribution < 1.29 is 23.1 Å². The molecule has 0 saturated heterocycles. The largest absolute Gasteiger partial charge is 0.478 e.